The average Bonchev–Trinajstić information content (AvgIpc) is 3.17. The lowest BCUT2D eigenvalue weighted by atomic mass is 9.84. The maximum absolute atomic E-state index is 12.5. The van der Waals surface area contributed by atoms with Gasteiger partial charge < -0.3 is 9.26 Å². The van der Waals surface area contributed by atoms with E-state index >= 15 is 0 Å². The van der Waals surface area contributed by atoms with E-state index in [9.17, 15) is 4.79 Å². The fourth-order valence-electron chi connectivity index (χ4n) is 4.05. The summed E-state index contributed by atoms with van der Waals surface area (Å²) in [5.41, 5.74) is 0.356. The number of hydrogen-bond acceptors (Lipinski definition) is 6. The Labute approximate surface area is 173 Å². The third kappa shape index (κ3) is 6.94. The highest BCUT2D eigenvalue weighted by atomic mass is 16.6. The second-order valence-corrected chi connectivity index (χ2v) is 9.11. The molecule has 0 amide bonds. The highest BCUT2D eigenvalue weighted by Crippen LogP contribution is 2.32. The van der Waals surface area contributed by atoms with Crippen LogP contribution in [0.25, 0.3) is 11.4 Å². The van der Waals surface area contributed by atoms with Gasteiger partial charge >= 0.3 is 5.97 Å². The molecule has 0 radical (unpaired) electrons. The summed E-state index contributed by atoms with van der Waals surface area (Å²) in [5, 5.41) is 4.12. The van der Waals surface area contributed by atoms with Gasteiger partial charge in [0.25, 0.3) is 0 Å². The maximum Gasteiger partial charge on any atom is 0.307 e. The molecule has 1 saturated carbocycles. The number of aromatic nitrogens is 3. The first-order chi connectivity index (χ1) is 13.9. The van der Waals surface area contributed by atoms with Crippen LogP contribution in [0.2, 0.25) is 0 Å². The van der Waals surface area contributed by atoms with Gasteiger partial charge in [-0.2, -0.15) is 4.98 Å². The molecule has 2 aromatic rings. The van der Waals surface area contributed by atoms with Crippen LogP contribution in [-0.2, 0) is 9.53 Å². The molecule has 0 N–H and O–H groups in total. The van der Waals surface area contributed by atoms with E-state index < -0.39 is 5.60 Å². The lowest BCUT2D eigenvalue weighted by Gasteiger charge is -2.23. The monoisotopic (exact) mass is 399 g/mol. The Morgan fingerprint density at radius 2 is 1.93 bits per heavy atom. The van der Waals surface area contributed by atoms with Gasteiger partial charge in [-0.05, 0) is 45.2 Å². The molecule has 1 atom stereocenters. The average molecular weight is 400 g/mol. The van der Waals surface area contributed by atoms with Crippen LogP contribution in [0.3, 0.4) is 0 Å². The van der Waals surface area contributed by atoms with Crippen LogP contribution in [0.4, 0.5) is 0 Å². The molecular weight excluding hydrogens is 366 g/mol. The Morgan fingerprint density at radius 1 is 1.21 bits per heavy atom. The molecule has 1 unspecified atom stereocenters. The van der Waals surface area contributed by atoms with Crippen LogP contribution < -0.4 is 0 Å². The third-order valence-corrected chi connectivity index (χ3v) is 5.45. The van der Waals surface area contributed by atoms with Crippen molar-refractivity contribution in [2.75, 3.05) is 0 Å². The molecule has 29 heavy (non-hydrogen) atoms. The normalized spacial score (nSPS) is 16.5. The predicted octanol–water partition coefficient (Wildman–Crippen LogP) is 5.70. The molecule has 0 aromatic carbocycles. The summed E-state index contributed by atoms with van der Waals surface area (Å²) < 4.78 is 11.1. The van der Waals surface area contributed by atoms with Crippen molar-refractivity contribution in [2.45, 2.75) is 90.1 Å². The highest BCUT2D eigenvalue weighted by Gasteiger charge is 2.26. The highest BCUT2D eigenvalue weighted by molar-refractivity contribution is 5.70. The molecule has 3 rings (SSSR count). The van der Waals surface area contributed by atoms with Gasteiger partial charge in [-0.3, -0.25) is 9.78 Å². The molecular formula is C23H33N3O3. The number of carbonyl (C=O) groups is 1. The minimum absolute atomic E-state index is 0.114. The number of pyridine rings is 1. The summed E-state index contributed by atoms with van der Waals surface area (Å²) in [4.78, 5) is 21.1. The molecule has 0 saturated heterocycles. The number of hydrogen-bond donors (Lipinski definition) is 0. The van der Waals surface area contributed by atoms with E-state index in [1.165, 1.54) is 38.5 Å². The Kier molecular flexibility index (Phi) is 7.40. The van der Waals surface area contributed by atoms with Crippen molar-refractivity contribution in [3.63, 3.8) is 0 Å². The molecule has 1 aliphatic carbocycles. The fraction of sp³-hybridized carbons (Fsp3) is 0.652. The predicted molar refractivity (Wildman–Crippen MR) is 111 cm³/mol. The summed E-state index contributed by atoms with van der Waals surface area (Å²) in [7, 11) is 0. The van der Waals surface area contributed by atoms with Gasteiger partial charge in [0.1, 0.15) is 5.60 Å². The smallest absolute Gasteiger partial charge is 0.307 e. The largest absolute Gasteiger partial charge is 0.460 e. The van der Waals surface area contributed by atoms with Crippen molar-refractivity contribution in [1.29, 1.82) is 0 Å². The SMILES string of the molecule is CC(C)(C)OC(=O)CC(CCCC1CCCCC1)c1nc(-c2ccncc2)no1. The Bertz CT molecular complexity index is 761. The number of ether oxygens (including phenoxy) is 1. The van der Waals surface area contributed by atoms with Gasteiger partial charge in [-0.1, -0.05) is 50.1 Å². The van der Waals surface area contributed by atoms with E-state index in [0.717, 1.165) is 24.3 Å². The lowest BCUT2D eigenvalue weighted by Crippen LogP contribution is -2.25. The van der Waals surface area contributed by atoms with Gasteiger partial charge in [0, 0.05) is 23.9 Å². The Hall–Kier alpha value is -2.24. The van der Waals surface area contributed by atoms with Crippen molar-refractivity contribution in [1.82, 2.24) is 15.1 Å². The van der Waals surface area contributed by atoms with E-state index in [-0.39, 0.29) is 18.3 Å². The van der Waals surface area contributed by atoms with Crippen molar-refractivity contribution >= 4 is 5.97 Å². The number of carbonyl (C=O) groups excluding carboxylic acids is 1. The van der Waals surface area contributed by atoms with Crippen molar-refractivity contribution in [3.8, 4) is 11.4 Å². The molecule has 6 nitrogen and oxygen atoms in total. The zero-order valence-electron chi connectivity index (χ0n) is 17.9. The molecule has 0 spiro atoms. The van der Waals surface area contributed by atoms with Crippen LogP contribution in [0.5, 0.6) is 0 Å². The summed E-state index contributed by atoms with van der Waals surface area (Å²) in [6.45, 7) is 5.66. The van der Waals surface area contributed by atoms with Crippen molar-refractivity contribution in [2.24, 2.45) is 5.92 Å². The lowest BCUT2D eigenvalue weighted by molar-refractivity contribution is -0.155. The number of rotatable bonds is 8. The third-order valence-electron chi connectivity index (χ3n) is 5.45. The summed E-state index contributed by atoms with van der Waals surface area (Å²) in [5.74, 6) is 1.54. The minimum Gasteiger partial charge on any atom is -0.460 e. The number of esters is 1. The Balaban J connectivity index is 1.66. The van der Waals surface area contributed by atoms with Gasteiger partial charge in [-0.25, -0.2) is 0 Å². The van der Waals surface area contributed by atoms with E-state index in [4.69, 9.17) is 9.26 Å². The van der Waals surface area contributed by atoms with Gasteiger partial charge in [0.05, 0.1) is 6.42 Å². The van der Waals surface area contributed by atoms with Crippen LogP contribution in [-0.4, -0.2) is 26.7 Å². The molecule has 6 heteroatoms. The second-order valence-electron chi connectivity index (χ2n) is 9.11. The first-order valence-electron chi connectivity index (χ1n) is 10.9. The zero-order valence-corrected chi connectivity index (χ0v) is 17.9. The molecule has 1 fully saturated rings. The Morgan fingerprint density at radius 3 is 2.62 bits per heavy atom. The van der Waals surface area contributed by atoms with Crippen LogP contribution in [0.1, 0.15) is 90.4 Å². The van der Waals surface area contributed by atoms with Gasteiger partial charge in [-0.15, -0.1) is 0 Å². The molecule has 0 aliphatic heterocycles. The summed E-state index contributed by atoms with van der Waals surface area (Å²) in [6, 6.07) is 3.70. The minimum atomic E-state index is -0.499. The standard InChI is InChI=1S/C23H33N3O3/c1-23(2,3)28-20(27)16-19(11-7-10-17-8-5-4-6-9-17)22-25-21(26-29-22)18-12-14-24-15-13-18/h12-15,17,19H,4-11,16H2,1-3H3. The van der Waals surface area contributed by atoms with Crippen LogP contribution in [0, 0.1) is 5.92 Å². The first kappa shape index (κ1) is 21.5. The van der Waals surface area contributed by atoms with Crippen molar-refractivity contribution < 1.29 is 14.1 Å². The molecule has 0 bridgehead atoms. The quantitative estimate of drug-likeness (QED) is 0.530. The summed E-state index contributed by atoms with van der Waals surface area (Å²) >= 11 is 0. The van der Waals surface area contributed by atoms with E-state index in [1.807, 2.05) is 32.9 Å². The number of nitrogens with zero attached hydrogens (tertiary/aromatic N) is 3. The van der Waals surface area contributed by atoms with E-state index in [1.54, 1.807) is 12.4 Å². The summed E-state index contributed by atoms with van der Waals surface area (Å²) in [6.07, 6.45) is 13.5. The first-order valence-corrected chi connectivity index (χ1v) is 10.9. The molecule has 2 aromatic heterocycles. The van der Waals surface area contributed by atoms with Crippen LogP contribution >= 0.6 is 0 Å². The molecule has 2 heterocycles. The van der Waals surface area contributed by atoms with Crippen LogP contribution in [0.15, 0.2) is 29.0 Å². The molecule has 1 aliphatic rings. The van der Waals surface area contributed by atoms with E-state index in [0.29, 0.717) is 11.7 Å². The van der Waals surface area contributed by atoms with E-state index in [2.05, 4.69) is 15.1 Å². The van der Waals surface area contributed by atoms with Gasteiger partial charge in [0.2, 0.25) is 11.7 Å². The van der Waals surface area contributed by atoms with Gasteiger partial charge in [0.15, 0.2) is 0 Å². The maximum atomic E-state index is 12.5. The second kappa shape index (κ2) is 9.99. The fourth-order valence-corrected chi connectivity index (χ4v) is 4.05. The molecule has 158 valence electrons. The zero-order chi connectivity index (χ0) is 20.7. The van der Waals surface area contributed by atoms with Crippen molar-refractivity contribution in [3.05, 3.63) is 30.4 Å². The topological polar surface area (TPSA) is 78.1 Å².